The number of hydrogen-bond donors (Lipinski definition) is 1. The molecule has 4 unspecified atom stereocenters. The number of ether oxygens (including phenoxy) is 1. The molecule has 0 bridgehead atoms. The quantitative estimate of drug-likeness (QED) is 0.892. The topological polar surface area (TPSA) is 29.5 Å². The molecule has 1 aromatic carbocycles. The Kier molecular flexibility index (Phi) is 5.38. The van der Waals surface area contributed by atoms with Crippen molar-refractivity contribution in [2.45, 2.75) is 42.1 Å². The van der Waals surface area contributed by atoms with Crippen molar-refractivity contribution in [3.63, 3.8) is 0 Å². The van der Waals surface area contributed by atoms with E-state index < -0.39 is 12.5 Å². The van der Waals surface area contributed by atoms with E-state index >= 15 is 0 Å². The fraction of sp³-hybridized carbons (Fsp3) is 0.571. The summed E-state index contributed by atoms with van der Waals surface area (Å²) in [7, 11) is 0. The number of halogens is 3. The van der Waals surface area contributed by atoms with E-state index in [1.807, 2.05) is 0 Å². The summed E-state index contributed by atoms with van der Waals surface area (Å²) in [5.74, 6) is 0.381. The van der Waals surface area contributed by atoms with Crippen LogP contribution in [-0.2, 0) is 0 Å². The predicted octanol–water partition coefficient (Wildman–Crippen LogP) is 4.24. The van der Waals surface area contributed by atoms with Gasteiger partial charge in [0.25, 0.3) is 0 Å². The van der Waals surface area contributed by atoms with Gasteiger partial charge in [-0.1, -0.05) is 32.0 Å². The maximum atomic E-state index is 12.4. The highest BCUT2D eigenvalue weighted by Gasteiger charge is 2.36. The highest BCUT2D eigenvalue weighted by Crippen LogP contribution is 2.43. The summed E-state index contributed by atoms with van der Waals surface area (Å²) >= 11 is 3.35. The summed E-state index contributed by atoms with van der Waals surface area (Å²) in [4.78, 5) is 0. The van der Waals surface area contributed by atoms with E-state index in [4.69, 9.17) is 0 Å². The van der Waals surface area contributed by atoms with Crippen LogP contribution in [0.15, 0.2) is 24.3 Å². The predicted molar refractivity (Wildman–Crippen MR) is 80.8 cm³/mol. The molecule has 0 aliphatic carbocycles. The zero-order valence-electron chi connectivity index (χ0n) is 11.6. The van der Waals surface area contributed by atoms with E-state index in [1.54, 1.807) is 29.6 Å². The maximum absolute atomic E-state index is 12.4. The van der Waals surface area contributed by atoms with Crippen LogP contribution in [0, 0.1) is 0 Å². The van der Waals surface area contributed by atoms with Crippen molar-refractivity contribution in [2.75, 3.05) is 5.75 Å². The van der Waals surface area contributed by atoms with Gasteiger partial charge in [0.15, 0.2) is 0 Å². The Morgan fingerprint density at radius 3 is 2.52 bits per heavy atom. The fourth-order valence-corrected chi connectivity index (χ4v) is 5.11. The molecule has 1 aliphatic heterocycles. The zero-order chi connectivity index (χ0) is 15.6. The average Bonchev–Trinajstić information content (AvgIpc) is 2.40. The molecule has 4 atom stereocenters. The van der Waals surface area contributed by atoms with Crippen molar-refractivity contribution in [1.82, 2.24) is 0 Å². The third-order valence-corrected chi connectivity index (χ3v) is 6.87. The molecule has 0 radical (unpaired) electrons. The lowest BCUT2D eigenvalue weighted by Crippen LogP contribution is -2.30. The summed E-state index contributed by atoms with van der Waals surface area (Å²) in [6.07, 6.45) is -5.73. The molecule has 2 rings (SSSR count). The van der Waals surface area contributed by atoms with E-state index in [0.29, 0.717) is 16.3 Å². The molecule has 7 heteroatoms. The Morgan fingerprint density at radius 2 is 1.90 bits per heavy atom. The van der Waals surface area contributed by atoms with Gasteiger partial charge in [-0.05, 0) is 6.07 Å². The molecule has 0 aromatic heterocycles. The first kappa shape index (κ1) is 16.8. The van der Waals surface area contributed by atoms with Crippen molar-refractivity contribution in [2.24, 2.45) is 0 Å². The number of aliphatic hydroxyl groups excluding tert-OH is 1. The molecule has 21 heavy (non-hydrogen) atoms. The Morgan fingerprint density at radius 1 is 1.24 bits per heavy atom. The minimum atomic E-state index is -4.76. The number of benzene rings is 1. The van der Waals surface area contributed by atoms with Crippen LogP contribution in [0.2, 0.25) is 0 Å². The smallest absolute Gasteiger partial charge is 0.405 e. The number of hydrogen-bond acceptors (Lipinski definition) is 4. The van der Waals surface area contributed by atoms with E-state index in [0.717, 1.165) is 0 Å². The van der Waals surface area contributed by atoms with E-state index in [2.05, 4.69) is 18.6 Å². The second-order valence-corrected chi connectivity index (χ2v) is 7.98. The highest BCUT2D eigenvalue weighted by atomic mass is 32.2. The molecule has 1 fully saturated rings. The van der Waals surface area contributed by atoms with E-state index in [9.17, 15) is 18.3 Å². The van der Waals surface area contributed by atoms with Crippen LogP contribution in [0.5, 0.6) is 5.75 Å². The number of aliphatic hydroxyl groups is 1. The van der Waals surface area contributed by atoms with Gasteiger partial charge in [0.05, 0.1) is 6.10 Å². The molecular weight excluding hydrogens is 321 g/mol. The van der Waals surface area contributed by atoms with Crippen molar-refractivity contribution in [3.8, 4) is 5.75 Å². The molecule has 0 saturated carbocycles. The molecule has 1 aromatic rings. The monoisotopic (exact) mass is 338 g/mol. The van der Waals surface area contributed by atoms with Crippen LogP contribution in [-0.4, -0.2) is 33.0 Å². The Balaban J connectivity index is 2.17. The van der Waals surface area contributed by atoms with Gasteiger partial charge >= 0.3 is 6.36 Å². The van der Waals surface area contributed by atoms with Crippen molar-refractivity contribution >= 4 is 23.5 Å². The summed E-state index contributed by atoms with van der Waals surface area (Å²) in [6, 6.07) is 5.79. The molecule has 1 heterocycles. The highest BCUT2D eigenvalue weighted by molar-refractivity contribution is 8.07. The van der Waals surface area contributed by atoms with Gasteiger partial charge in [-0.15, -0.1) is 13.2 Å². The molecule has 118 valence electrons. The molecular formula is C14H17F3O2S2. The Labute approximate surface area is 130 Å². The maximum Gasteiger partial charge on any atom is 0.573 e. The summed E-state index contributed by atoms with van der Waals surface area (Å²) in [5, 5.41) is 11.1. The van der Waals surface area contributed by atoms with Crippen LogP contribution in [0.1, 0.15) is 25.5 Å². The normalized spacial score (nSPS) is 28.2. The van der Waals surface area contributed by atoms with Crippen LogP contribution in [0.25, 0.3) is 0 Å². The first-order chi connectivity index (χ1) is 9.78. The molecule has 0 spiro atoms. The first-order valence-electron chi connectivity index (χ1n) is 6.57. The largest absolute Gasteiger partial charge is 0.573 e. The van der Waals surface area contributed by atoms with Crippen LogP contribution >= 0.6 is 23.5 Å². The van der Waals surface area contributed by atoms with Gasteiger partial charge < -0.3 is 9.84 Å². The SMILES string of the molecule is CC1SCC(C(O)c2ccccc2OC(F)(F)F)SC1C. The van der Waals surface area contributed by atoms with Crippen molar-refractivity contribution in [3.05, 3.63) is 29.8 Å². The third-order valence-electron chi connectivity index (χ3n) is 3.39. The van der Waals surface area contributed by atoms with E-state index in [-0.39, 0.29) is 16.6 Å². The lowest BCUT2D eigenvalue weighted by atomic mass is 10.1. The second-order valence-electron chi connectivity index (χ2n) is 4.95. The zero-order valence-corrected chi connectivity index (χ0v) is 13.3. The van der Waals surface area contributed by atoms with Gasteiger partial charge in [-0.3, -0.25) is 0 Å². The van der Waals surface area contributed by atoms with Crippen LogP contribution < -0.4 is 4.74 Å². The van der Waals surface area contributed by atoms with Crippen molar-refractivity contribution in [1.29, 1.82) is 0 Å². The Hall–Kier alpha value is -0.530. The minimum absolute atomic E-state index is 0.140. The molecule has 1 aliphatic rings. The number of rotatable bonds is 3. The standard InChI is InChI=1S/C14H17F3O2S2/c1-8-9(2)21-12(7-20-8)13(18)10-5-3-4-6-11(10)19-14(15,16)17/h3-6,8-9,12-13,18H,7H2,1-2H3. The van der Waals surface area contributed by atoms with Crippen molar-refractivity contribution < 1.29 is 23.0 Å². The second kappa shape index (κ2) is 6.71. The summed E-state index contributed by atoms with van der Waals surface area (Å²) in [6.45, 7) is 4.19. The van der Waals surface area contributed by atoms with Gasteiger partial charge in [0.1, 0.15) is 5.75 Å². The average molecular weight is 338 g/mol. The lowest BCUT2D eigenvalue weighted by Gasteiger charge is -2.34. The minimum Gasteiger partial charge on any atom is -0.405 e. The summed E-state index contributed by atoms with van der Waals surface area (Å²) < 4.78 is 41.3. The number of para-hydroxylation sites is 1. The number of thioether (sulfide) groups is 2. The molecule has 2 nitrogen and oxygen atoms in total. The van der Waals surface area contributed by atoms with Gasteiger partial charge in [0, 0.05) is 27.1 Å². The van der Waals surface area contributed by atoms with E-state index in [1.165, 1.54) is 18.2 Å². The number of alkyl halides is 3. The first-order valence-corrected chi connectivity index (χ1v) is 8.57. The summed E-state index contributed by atoms with van der Waals surface area (Å²) in [5.41, 5.74) is 0.190. The van der Waals surface area contributed by atoms with Gasteiger partial charge in [0.2, 0.25) is 0 Å². The molecule has 1 saturated heterocycles. The van der Waals surface area contributed by atoms with Crippen LogP contribution in [0.4, 0.5) is 13.2 Å². The van der Waals surface area contributed by atoms with Gasteiger partial charge in [-0.25, -0.2) is 0 Å². The Bertz CT molecular complexity index is 482. The van der Waals surface area contributed by atoms with Gasteiger partial charge in [-0.2, -0.15) is 23.5 Å². The third kappa shape index (κ3) is 4.47. The molecule has 0 amide bonds. The molecule has 1 N–H and O–H groups in total. The van der Waals surface area contributed by atoms with Crippen LogP contribution in [0.3, 0.4) is 0 Å². The lowest BCUT2D eigenvalue weighted by molar-refractivity contribution is -0.275. The fourth-order valence-electron chi connectivity index (χ4n) is 2.12.